The van der Waals surface area contributed by atoms with Gasteiger partial charge in [0.15, 0.2) is 0 Å². The molecule has 0 aromatic heterocycles. The molecule has 192 valence electrons. The zero-order valence-electron chi connectivity index (χ0n) is 22.3. The molecule has 0 amide bonds. The molecule has 0 N–H and O–H groups in total. The minimum Gasteiger partial charge on any atom is -0.251 e. The predicted molar refractivity (Wildman–Crippen MR) is 145 cm³/mol. The molecule has 34 heavy (non-hydrogen) atoms. The number of aryl methyl sites for hydroxylation is 1. The highest BCUT2D eigenvalue weighted by Gasteiger charge is 2.31. The van der Waals surface area contributed by atoms with Crippen LogP contribution in [-0.2, 0) is 6.42 Å². The van der Waals surface area contributed by atoms with Gasteiger partial charge in [-0.15, -0.1) is 0 Å². The van der Waals surface area contributed by atoms with Gasteiger partial charge in [-0.3, -0.25) is 4.39 Å². The van der Waals surface area contributed by atoms with Gasteiger partial charge in [0.05, 0.1) is 6.67 Å². The second kappa shape index (κ2) is 14.0. The first-order valence-corrected chi connectivity index (χ1v) is 15.4. The molecular formula is C33H53F. The van der Waals surface area contributed by atoms with E-state index in [4.69, 9.17) is 0 Å². The van der Waals surface area contributed by atoms with Gasteiger partial charge in [-0.2, -0.15) is 0 Å². The van der Waals surface area contributed by atoms with Gasteiger partial charge in [0.25, 0.3) is 0 Å². The Balaban J connectivity index is 1.08. The smallest absolute Gasteiger partial charge is 0.0934 e. The summed E-state index contributed by atoms with van der Waals surface area (Å²) in [5.41, 5.74) is 2.64. The lowest BCUT2D eigenvalue weighted by atomic mass is 9.67. The van der Waals surface area contributed by atoms with E-state index < -0.39 is 0 Å². The van der Waals surface area contributed by atoms with Crippen LogP contribution in [0.4, 0.5) is 4.39 Å². The summed E-state index contributed by atoms with van der Waals surface area (Å²) in [5.74, 6) is 5.96. The molecule has 0 nitrogen and oxygen atoms in total. The van der Waals surface area contributed by atoms with Gasteiger partial charge in [0, 0.05) is 6.42 Å². The molecule has 3 aliphatic rings. The van der Waals surface area contributed by atoms with Crippen LogP contribution in [-0.4, -0.2) is 6.67 Å². The SMILES string of the molecule is CCCCC[C@H]1CC[C@H]([C@H]2CC[C@H](CC[C@H]3CC[C@H](c4ccc(CCF)cc4)CC3)CC2)CC1. The summed E-state index contributed by atoms with van der Waals surface area (Å²) in [6.45, 7) is 2.09. The maximum absolute atomic E-state index is 12.5. The fourth-order valence-corrected chi connectivity index (χ4v) is 7.90. The zero-order valence-corrected chi connectivity index (χ0v) is 22.3. The van der Waals surface area contributed by atoms with Gasteiger partial charge < -0.3 is 0 Å². The van der Waals surface area contributed by atoms with Crippen molar-refractivity contribution in [3.63, 3.8) is 0 Å². The highest BCUT2D eigenvalue weighted by atomic mass is 19.1. The van der Waals surface area contributed by atoms with Crippen LogP contribution < -0.4 is 0 Å². The van der Waals surface area contributed by atoms with Crippen molar-refractivity contribution in [2.24, 2.45) is 29.6 Å². The molecule has 3 saturated carbocycles. The van der Waals surface area contributed by atoms with E-state index in [-0.39, 0.29) is 6.67 Å². The van der Waals surface area contributed by atoms with Crippen molar-refractivity contribution in [3.05, 3.63) is 35.4 Å². The van der Waals surface area contributed by atoms with Crippen LogP contribution in [0.3, 0.4) is 0 Å². The summed E-state index contributed by atoms with van der Waals surface area (Å²) in [7, 11) is 0. The Morgan fingerprint density at radius 2 is 1.12 bits per heavy atom. The second-order valence-electron chi connectivity index (χ2n) is 12.5. The molecule has 0 spiro atoms. The zero-order chi connectivity index (χ0) is 23.6. The molecule has 0 saturated heterocycles. The normalized spacial score (nSPS) is 32.5. The number of benzene rings is 1. The van der Waals surface area contributed by atoms with Crippen molar-refractivity contribution >= 4 is 0 Å². The van der Waals surface area contributed by atoms with E-state index in [0.29, 0.717) is 6.42 Å². The first kappa shape index (κ1) is 26.2. The molecular weight excluding hydrogens is 415 g/mol. The Morgan fingerprint density at radius 3 is 1.62 bits per heavy atom. The summed E-state index contributed by atoms with van der Waals surface area (Å²) in [6.07, 6.45) is 27.3. The molecule has 1 heteroatoms. The molecule has 3 fully saturated rings. The average molecular weight is 469 g/mol. The molecule has 0 atom stereocenters. The number of alkyl halides is 1. The Hall–Kier alpha value is -0.850. The van der Waals surface area contributed by atoms with Crippen LogP contribution in [0.2, 0.25) is 0 Å². The maximum Gasteiger partial charge on any atom is 0.0934 e. The van der Waals surface area contributed by atoms with E-state index in [1.807, 2.05) is 0 Å². The van der Waals surface area contributed by atoms with Crippen molar-refractivity contribution in [1.29, 1.82) is 0 Å². The number of halogens is 1. The monoisotopic (exact) mass is 468 g/mol. The van der Waals surface area contributed by atoms with Crippen LogP contribution in [0.25, 0.3) is 0 Å². The van der Waals surface area contributed by atoms with Crippen molar-refractivity contribution in [2.75, 3.05) is 6.67 Å². The third-order valence-corrected chi connectivity index (χ3v) is 10.3. The third kappa shape index (κ3) is 7.83. The first-order chi connectivity index (χ1) is 16.7. The molecule has 0 aliphatic heterocycles. The van der Waals surface area contributed by atoms with Crippen LogP contribution in [0.5, 0.6) is 0 Å². The molecule has 0 unspecified atom stereocenters. The van der Waals surface area contributed by atoms with Crippen molar-refractivity contribution in [1.82, 2.24) is 0 Å². The maximum atomic E-state index is 12.5. The number of hydrogen-bond acceptors (Lipinski definition) is 0. The summed E-state index contributed by atoms with van der Waals surface area (Å²) < 4.78 is 12.5. The molecule has 1 aromatic carbocycles. The fourth-order valence-electron chi connectivity index (χ4n) is 7.90. The molecule has 4 rings (SSSR count). The van der Waals surface area contributed by atoms with E-state index in [0.717, 1.165) is 41.1 Å². The quantitative estimate of drug-likeness (QED) is 0.283. The summed E-state index contributed by atoms with van der Waals surface area (Å²) >= 11 is 0. The standard InChI is InChI=1S/C33H53F/c1-2-3-4-5-26-8-16-30(17-9-26)31-18-10-27(11-19-31)6-7-28-12-20-32(21-13-28)33-22-14-29(15-23-33)24-25-34/h14-15,22-23,26-28,30-32H,2-13,16-21,24-25H2,1H3/t26-,27-,28-,30-,31-,32-. The summed E-state index contributed by atoms with van der Waals surface area (Å²) in [6, 6.07) is 8.84. The molecule has 0 heterocycles. The van der Waals surface area contributed by atoms with E-state index in [1.54, 1.807) is 38.5 Å². The summed E-state index contributed by atoms with van der Waals surface area (Å²) in [4.78, 5) is 0. The van der Waals surface area contributed by atoms with Crippen LogP contribution in [0.1, 0.15) is 140 Å². The lowest BCUT2D eigenvalue weighted by Crippen LogP contribution is -2.26. The van der Waals surface area contributed by atoms with Gasteiger partial charge in [-0.1, -0.05) is 95.4 Å². The minimum absolute atomic E-state index is 0.244. The number of rotatable bonds is 11. The Morgan fingerprint density at radius 1 is 0.618 bits per heavy atom. The number of hydrogen-bond donors (Lipinski definition) is 0. The van der Waals surface area contributed by atoms with Crippen LogP contribution in [0, 0.1) is 29.6 Å². The topological polar surface area (TPSA) is 0 Å². The largest absolute Gasteiger partial charge is 0.251 e. The van der Waals surface area contributed by atoms with Crippen LogP contribution in [0.15, 0.2) is 24.3 Å². The highest BCUT2D eigenvalue weighted by Crippen LogP contribution is 2.44. The average Bonchev–Trinajstić information content (AvgIpc) is 2.89. The number of unbranched alkanes of at least 4 members (excludes halogenated alkanes) is 2. The lowest BCUT2D eigenvalue weighted by Gasteiger charge is -2.38. The van der Waals surface area contributed by atoms with Gasteiger partial charge in [0.1, 0.15) is 0 Å². The van der Waals surface area contributed by atoms with E-state index >= 15 is 0 Å². The molecule has 3 aliphatic carbocycles. The molecule has 0 radical (unpaired) electrons. The summed E-state index contributed by atoms with van der Waals surface area (Å²) in [5, 5.41) is 0. The fraction of sp³-hybridized carbons (Fsp3) is 0.818. The van der Waals surface area contributed by atoms with Crippen molar-refractivity contribution < 1.29 is 4.39 Å². The minimum atomic E-state index is -0.244. The van der Waals surface area contributed by atoms with E-state index in [2.05, 4.69) is 31.2 Å². The van der Waals surface area contributed by atoms with Gasteiger partial charge >= 0.3 is 0 Å². The highest BCUT2D eigenvalue weighted by molar-refractivity contribution is 5.26. The Kier molecular flexibility index (Phi) is 10.8. The Labute approximate surface area is 210 Å². The lowest BCUT2D eigenvalue weighted by molar-refractivity contribution is 0.136. The molecule has 0 bridgehead atoms. The second-order valence-corrected chi connectivity index (χ2v) is 12.5. The van der Waals surface area contributed by atoms with E-state index in [1.165, 1.54) is 82.6 Å². The van der Waals surface area contributed by atoms with Gasteiger partial charge in [0.2, 0.25) is 0 Å². The predicted octanol–water partition coefficient (Wildman–Crippen LogP) is 10.4. The van der Waals surface area contributed by atoms with E-state index in [9.17, 15) is 4.39 Å². The third-order valence-electron chi connectivity index (χ3n) is 10.3. The van der Waals surface area contributed by atoms with Crippen LogP contribution >= 0.6 is 0 Å². The Bertz CT molecular complexity index is 654. The molecule has 1 aromatic rings. The first-order valence-electron chi connectivity index (χ1n) is 15.4. The van der Waals surface area contributed by atoms with Crippen molar-refractivity contribution in [3.8, 4) is 0 Å². The van der Waals surface area contributed by atoms with Gasteiger partial charge in [-0.25, -0.2) is 0 Å². The van der Waals surface area contributed by atoms with Crippen molar-refractivity contribution in [2.45, 2.75) is 135 Å². The van der Waals surface area contributed by atoms with Gasteiger partial charge in [-0.05, 0) is 98.0 Å².